The van der Waals surface area contributed by atoms with Crippen LogP contribution in [0.3, 0.4) is 0 Å². The number of hydrogen-bond acceptors (Lipinski definition) is 13. The van der Waals surface area contributed by atoms with E-state index in [0.29, 0.717) is 40.6 Å². The lowest BCUT2D eigenvalue weighted by molar-refractivity contribution is 0.102. The molecule has 4 aromatic carbocycles. The van der Waals surface area contributed by atoms with Crippen molar-refractivity contribution in [2.45, 2.75) is 40.0 Å². The zero-order valence-electron chi connectivity index (χ0n) is 32.5. The number of aromatic nitrogens is 4. The quantitative estimate of drug-likeness (QED) is 0.0529. The fourth-order valence-electron chi connectivity index (χ4n) is 5.56. The van der Waals surface area contributed by atoms with Crippen molar-refractivity contribution in [3.63, 3.8) is 0 Å². The number of benzene rings is 4. The first-order valence-electron chi connectivity index (χ1n) is 18.1. The van der Waals surface area contributed by atoms with E-state index in [4.69, 9.17) is 16.4 Å². The van der Waals surface area contributed by atoms with Crippen LogP contribution in [0.2, 0.25) is 0 Å². The maximum absolute atomic E-state index is 15.5. The lowest BCUT2D eigenvalue weighted by atomic mass is 10.0. The second kappa shape index (κ2) is 20.3. The zero-order chi connectivity index (χ0) is 45.3. The van der Waals surface area contributed by atoms with Gasteiger partial charge >= 0.3 is 0 Å². The number of fused-ring (bicyclic) bond motifs is 2. The first kappa shape index (κ1) is 48.0. The standard InChI is InChI=1S/C21H21F2N3O5S2.C15H9F2N3O.C3H7ClO2S/c1-3-11-32(28,29)26(33(30,31)12-4-2)18-8-6-15(22)19(20(18)23)21(27)14-5-7-16-17(13-14)25-10-9-24-16;16-9-2-3-10(18)14(17)13(9)15(21)8-1-4-11-12(7-8)20-6-5-19-11;1-2-3-7(4,5)6/h5-10,13H,3-4,11-12H2,1-2H3;1-7H,18H2;2-3H2,1H3. The summed E-state index contributed by atoms with van der Waals surface area (Å²) in [5.74, 6) is -7.83. The molecule has 0 aliphatic rings. The van der Waals surface area contributed by atoms with Gasteiger partial charge in [0.15, 0.2) is 23.2 Å². The van der Waals surface area contributed by atoms with Crippen molar-refractivity contribution in [3.05, 3.63) is 131 Å². The molecule has 2 aromatic heterocycles. The van der Waals surface area contributed by atoms with Gasteiger partial charge in [0.1, 0.15) is 17.3 Å². The fraction of sp³-hybridized carbons (Fsp3) is 0.231. The second-order valence-corrected chi connectivity index (χ2v) is 19.8. The number of nitrogens with two attached hydrogens (primary N) is 1. The Bertz CT molecular complexity index is 2910. The van der Waals surface area contributed by atoms with Gasteiger partial charge in [-0.25, -0.2) is 42.8 Å². The van der Waals surface area contributed by atoms with Crippen LogP contribution in [0.15, 0.2) is 85.5 Å². The van der Waals surface area contributed by atoms with Crippen LogP contribution in [-0.2, 0) is 29.1 Å². The maximum Gasteiger partial charge on any atom is 0.248 e. The Morgan fingerprint density at radius 1 is 0.574 bits per heavy atom. The maximum atomic E-state index is 15.5. The molecule has 0 aliphatic carbocycles. The Balaban J connectivity index is 0.000000248. The molecule has 22 heteroatoms. The molecule has 0 saturated heterocycles. The van der Waals surface area contributed by atoms with Crippen molar-refractivity contribution in [3.8, 4) is 0 Å². The summed E-state index contributed by atoms with van der Waals surface area (Å²) in [4.78, 5) is 41.5. The molecule has 2 N–H and O–H groups in total. The highest BCUT2D eigenvalue weighted by Gasteiger charge is 2.37. The highest BCUT2D eigenvalue weighted by atomic mass is 35.7. The molecule has 14 nitrogen and oxygen atoms in total. The van der Waals surface area contributed by atoms with Gasteiger partial charge in [-0.05, 0) is 79.9 Å². The first-order chi connectivity index (χ1) is 28.7. The van der Waals surface area contributed by atoms with Gasteiger partial charge in [0.2, 0.25) is 29.1 Å². The van der Waals surface area contributed by atoms with E-state index < -0.39 is 92.3 Å². The first-order valence-corrected chi connectivity index (χ1v) is 23.8. The molecule has 0 unspecified atom stereocenters. The van der Waals surface area contributed by atoms with Gasteiger partial charge in [0.05, 0.1) is 56.1 Å². The van der Waals surface area contributed by atoms with Gasteiger partial charge in [-0.3, -0.25) is 29.5 Å². The Hall–Kier alpha value is -5.64. The summed E-state index contributed by atoms with van der Waals surface area (Å²) in [6.07, 6.45) is 6.52. The van der Waals surface area contributed by atoms with Crippen molar-refractivity contribution in [1.29, 1.82) is 0 Å². The Kier molecular flexibility index (Phi) is 16.0. The average molecular weight is 925 g/mol. The Labute approximate surface area is 353 Å². The molecule has 0 aliphatic heterocycles. The van der Waals surface area contributed by atoms with Crippen LogP contribution in [0, 0.1) is 23.3 Å². The van der Waals surface area contributed by atoms with Crippen molar-refractivity contribution in [1.82, 2.24) is 19.9 Å². The van der Waals surface area contributed by atoms with E-state index in [1.165, 1.54) is 69.0 Å². The Morgan fingerprint density at radius 3 is 1.36 bits per heavy atom. The third-order valence-corrected chi connectivity index (χ3v) is 14.2. The van der Waals surface area contributed by atoms with Gasteiger partial charge in [-0.1, -0.05) is 20.8 Å². The molecule has 6 aromatic rings. The van der Waals surface area contributed by atoms with E-state index >= 15 is 4.39 Å². The molecule has 61 heavy (non-hydrogen) atoms. The number of nitrogen functional groups attached to an aromatic ring is 1. The van der Waals surface area contributed by atoms with Crippen LogP contribution in [0.5, 0.6) is 0 Å². The number of rotatable bonds is 13. The van der Waals surface area contributed by atoms with Gasteiger partial charge in [-0.2, -0.15) is 3.71 Å². The molecule has 0 atom stereocenters. The topological polar surface area (TPSA) is 217 Å². The van der Waals surface area contributed by atoms with Crippen molar-refractivity contribution in [2.24, 2.45) is 0 Å². The van der Waals surface area contributed by atoms with Crippen LogP contribution in [-0.4, -0.2) is 74.0 Å². The van der Waals surface area contributed by atoms with Gasteiger partial charge < -0.3 is 5.73 Å². The van der Waals surface area contributed by atoms with Crippen molar-refractivity contribution in [2.75, 3.05) is 26.7 Å². The number of halogens is 5. The number of ketones is 2. The summed E-state index contributed by atoms with van der Waals surface area (Å²) in [6, 6.07) is 11.9. The highest BCUT2D eigenvalue weighted by Crippen LogP contribution is 2.32. The third-order valence-electron chi connectivity index (χ3n) is 8.18. The van der Waals surface area contributed by atoms with E-state index in [0.717, 1.165) is 12.1 Å². The predicted octanol–water partition coefficient (Wildman–Crippen LogP) is 7.11. The fourth-order valence-corrected chi connectivity index (χ4v) is 10.6. The third kappa shape index (κ3) is 11.8. The molecule has 324 valence electrons. The minimum absolute atomic E-state index is 0.0234. The van der Waals surface area contributed by atoms with E-state index in [1.54, 1.807) is 13.0 Å². The van der Waals surface area contributed by atoms with Gasteiger partial charge in [0.25, 0.3) is 0 Å². The SMILES string of the molecule is CCCS(=O)(=O)Cl.CCCS(=O)(=O)N(c1ccc(F)c(C(=O)c2ccc3nccnc3c2)c1F)S(=O)(=O)CCC.Nc1ccc(F)c(C(=O)c2ccc3nccnc3c2)c1F. The second-order valence-electron chi connectivity index (χ2n) is 12.8. The lowest BCUT2D eigenvalue weighted by Gasteiger charge is -2.24. The van der Waals surface area contributed by atoms with Crippen molar-refractivity contribution >= 4 is 84.8 Å². The molecule has 6 rings (SSSR count). The van der Waals surface area contributed by atoms with Crippen LogP contribution < -0.4 is 9.44 Å². The molecular weight excluding hydrogens is 888 g/mol. The minimum Gasteiger partial charge on any atom is -0.396 e. The molecule has 0 amide bonds. The van der Waals surface area contributed by atoms with Gasteiger partial charge in [-0.15, -0.1) is 0 Å². The zero-order valence-corrected chi connectivity index (χ0v) is 35.7. The predicted molar refractivity (Wildman–Crippen MR) is 224 cm³/mol. The van der Waals surface area contributed by atoms with E-state index in [-0.39, 0.29) is 39.1 Å². The summed E-state index contributed by atoms with van der Waals surface area (Å²) in [6.45, 7) is 4.79. The number of hydrogen-bond donors (Lipinski definition) is 1. The normalized spacial score (nSPS) is 11.6. The van der Waals surface area contributed by atoms with Crippen LogP contribution in [0.1, 0.15) is 71.9 Å². The number of sulfonamides is 2. The molecular formula is C39H37ClF4N6O8S3. The summed E-state index contributed by atoms with van der Waals surface area (Å²) in [7, 11) is -7.44. The molecule has 2 heterocycles. The smallest absolute Gasteiger partial charge is 0.248 e. The van der Waals surface area contributed by atoms with E-state index in [1.807, 2.05) is 0 Å². The molecule has 0 spiro atoms. The summed E-state index contributed by atoms with van der Waals surface area (Å²) >= 11 is 0. The lowest BCUT2D eigenvalue weighted by Crippen LogP contribution is -2.40. The van der Waals surface area contributed by atoms with Gasteiger partial charge in [0, 0.05) is 46.6 Å². The summed E-state index contributed by atoms with van der Waals surface area (Å²) < 4.78 is 129. The Morgan fingerprint density at radius 2 is 0.967 bits per heavy atom. The highest BCUT2D eigenvalue weighted by molar-refractivity contribution is 8.13. The minimum atomic E-state index is -4.52. The molecule has 0 saturated carbocycles. The number of anilines is 2. The van der Waals surface area contributed by atoms with Crippen LogP contribution >= 0.6 is 10.7 Å². The average Bonchev–Trinajstić information content (AvgIpc) is 3.20. The summed E-state index contributed by atoms with van der Waals surface area (Å²) in [5, 5.41) is 0. The molecule has 0 radical (unpaired) electrons. The number of carbonyl (C=O) groups excluding carboxylic acids is 2. The van der Waals surface area contributed by atoms with Crippen LogP contribution in [0.25, 0.3) is 22.1 Å². The largest absolute Gasteiger partial charge is 0.396 e. The van der Waals surface area contributed by atoms with Crippen molar-refractivity contribution < 1.29 is 52.4 Å². The van der Waals surface area contributed by atoms with E-state index in [9.17, 15) is 48.0 Å². The monoisotopic (exact) mass is 924 g/mol. The van der Waals surface area contributed by atoms with Crippen LogP contribution in [0.4, 0.5) is 28.9 Å². The van der Waals surface area contributed by atoms with E-state index in [2.05, 4.69) is 19.9 Å². The number of nitrogens with zero attached hydrogens (tertiary/aromatic N) is 5. The molecule has 0 bridgehead atoms. The summed E-state index contributed by atoms with van der Waals surface area (Å²) in [5.41, 5.74) is 4.23. The number of carbonyl (C=O) groups is 2. The molecule has 0 fully saturated rings.